The van der Waals surface area contributed by atoms with Crippen LogP contribution in [0.3, 0.4) is 0 Å². The number of hydrogen-bond acceptors (Lipinski definition) is 3. The average molecular weight is 118 g/mol. The highest BCUT2D eigenvalue weighted by Gasteiger charge is 2.29. The van der Waals surface area contributed by atoms with E-state index in [-0.39, 0.29) is 0 Å². The Labute approximate surface area is 47.6 Å². The van der Waals surface area contributed by atoms with Crippen LogP contribution in [0.25, 0.3) is 0 Å². The van der Waals surface area contributed by atoms with Gasteiger partial charge in [-0.3, -0.25) is 0 Å². The zero-order valence-electron chi connectivity index (χ0n) is 4.49. The van der Waals surface area contributed by atoms with E-state index in [2.05, 4.69) is 0 Å². The second kappa shape index (κ2) is 2.01. The quantitative estimate of drug-likeness (QED) is 0.377. The van der Waals surface area contributed by atoms with Crippen LogP contribution in [0.2, 0.25) is 0 Å². The molecule has 1 saturated carbocycles. The van der Waals surface area contributed by atoms with Crippen molar-refractivity contribution in [3.63, 3.8) is 0 Å². The molecular weight excluding hydrogens is 108 g/mol. The molecule has 3 nitrogen and oxygen atoms in total. The third-order valence-corrected chi connectivity index (χ3v) is 1.47. The minimum Gasteiger partial charge on any atom is -0.393 e. The Bertz CT molecular complexity index is 73.7. The van der Waals surface area contributed by atoms with E-state index in [4.69, 9.17) is 15.3 Å². The van der Waals surface area contributed by atoms with Crippen LogP contribution in [0.15, 0.2) is 0 Å². The smallest absolute Gasteiger partial charge is 0.0824 e. The summed E-state index contributed by atoms with van der Waals surface area (Å²) >= 11 is 0. The second-order valence-electron chi connectivity index (χ2n) is 2.26. The topological polar surface area (TPSA) is 60.7 Å². The molecule has 48 valence electrons. The standard InChI is InChI=1S/C5H10O3/c6-3-1-4(7)5(8)2-3/h3-8H,1-2H2/t3-,4-,5+. The highest BCUT2D eigenvalue weighted by atomic mass is 16.3. The van der Waals surface area contributed by atoms with Gasteiger partial charge in [-0.2, -0.15) is 0 Å². The van der Waals surface area contributed by atoms with E-state index in [0.717, 1.165) is 0 Å². The minimum absolute atomic E-state index is 0.321. The maximum absolute atomic E-state index is 8.76. The molecule has 0 aliphatic heterocycles. The first kappa shape index (κ1) is 6.01. The Balaban J connectivity index is 2.39. The van der Waals surface area contributed by atoms with E-state index >= 15 is 0 Å². The van der Waals surface area contributed by atoms with E-state index in [1.807, 2.05) is 0 Å². The molecule has 0 amide bonds. The van der Waals surface area contributed by atoms with Crippen molar-refractivity contribution >= 4 is 0 Å². The molecule has 3 N–H and O–H groups in total. The van der Waals surface area contributed by atoms with Crippen molar-refractivity contribution in [2.75, 3.05) is 0 Å². The number of hydrogen-bond donors (Lipinski definition) is 3. The van der Waals surface area contributed by atoms with Crippen molar-refractivity contribution in [1.29, 1.82) is 0 Å². The summed E-state index contributed by atoms with van der Waals surface area (Å²) in [6.07, 6.45) is -1.27. The maximum atomic E-state index is 8.76. The molecule has 3 atom stereocenters. The van der Waals surface area contributed by atoms with Crippen LogP contribution in [0.1, 0.15) is 12.8 Å². The highest BCUT2D eigenvalue weighted by molar-refractivity contribution is 4.81. The van der Waals surface area contributed by atoms with Gasteiger partial charge in [-0.05, 0) is 0 Å². The van der Waals surface area contributed by atoms with E-state index in [9.17, 15) is 0 Å². The zero-order chi connectivity index (χ0) is 6.15. The fourth-order valence-corrected chi connectivity index (χ4v) is 0.968. The van der Waals surface area contributed by atoms with Crippen LogP contribution in [0, 0.1) is 0 Å². The molecule has 0 bridgehead atoms. The molecular formula is C5H10O3. The summed E-state index contributed by atoms with van der Waals surface area (Å²) in [6.45, 7) is 0. The van der Waals surface area contributed by atoms with Crippen LogP contribution < -0.4 is 0 Å². The van der Waals surface area contributed by atoms with Crippen molar-refractivity contribution < 1.29 is 15.3 Å². The molecule has 0 aromatic heterocycles. The minimum atomic E-state index is -0.704. The van der Waals surface area contributed by atoms with E-state index in [0.29, 0.717) is 12.8 Å². The van der Waals surface area contributed by atoms with Crippen LogP contribution in [0.4, 0.5) is 0 Å². The van der Waals surface area contributed by atoms with Gasteiger partial charge in [-0.1, -0.05) is 0 Å². The van der Waals surface area contributed by atoms with Gasteiger partial charge in [0.05, 0.1) is 18.3 Å². The molecule has 0 spiro atoms. The van der Waals surface area contributed by atoms with Crippen LogP contribution >= 0.6 is 0 Å². The summed E-state index contributed by atoms with van der Waals surface area (Å²) in [4.78, 5) is 0. The lowest BCUT2D eigenvalue weighted by Gasteiger charge is -2.02. The summed E-state index contributed by atoms with van der Waals surface area (Å²) < 4.78 is 0. The van der Waals surface area contributed by atoms with Gasteiger partial charge in [-0.25, -0.2) is 0 Å². The lowest BCUT2D eigenvalue weighted by atomic mass is 10.3. The normalized spacial score (nSPS) is 47.6. The van der Waals surface area contributed by atoms with Gasteiger partial charge in [0.2, 0.25) is 0 Å². The Kier molecular flexibility index (Phi) is 1.51. The van der Waals surface area contributed by atoms with Gasteiger partial charge >= 0.3 is 0 Å². The monoisotopic (exact) mass is 118 g/mol. The number of aliphatic hydroxyl groups excluding tert-OH is 3. The van der Waals surface area contributed by atoms with E-state index in [1.54, 1.807) is 0 Å². The molecule has 1 fully saturated rings. The molecule has 0 aromatic carbocycles. The van der Waals surface area contributed by atoms with Gasteiger partial charge in [0.15, 0.2) is 0 Å². The van der Waals surface area contributed by atoms with Gasteiger partial charge in [0, 0.05) is 12.8 Å². The average Bonchev–Trinajstić information content (AvgIpc) is 1.85. The van der Waals surface area contributed by atoms with Gasteiger partial charge in [0.25, 0.3) is 0 Å². The van der Waals surface area contributed by atoms with Gasteiger partial charge < -0.3 is 15.3 Å². The summed E-state index contributed by atoms with van der Waals surface area (Å²) in [5.41, 5.74) is 0. The summed E-state index contributed by atoms with van der Waals surface area (Å²) in [6, 6.07) is 0. The second-order valence-corrected chi connectivity index (χ2v) is 2.26. The van der Waals surface area contributed by atoms with Crippen LogP contribution in [-0.2, 0) is 0 Å². The summed E-state index contributed by atoms with van der Waals surface area (Å²) in [7, 11) is 0. The molecule has 0 saturated heterocycles. The lowest BCUT2D eigenvalue weighted by molar-refractivity contribution is 0.0438. The third-order valence-electron chi connectivity index (χ3n) is 1.47. The first-order chi connectivity index (χ1) is 3.70. The third kappa shape index (κ3) is 0.992. The van der Waals surface area contributed by atoms with Crippen LogP contribution in [0.5, 0.6) is 0 Å². The fraction of sp³-hybridized carbons (Fsp3) is 1.00. The molecule has 1 aliphatic carbocycles. The molecule has 3 heteroatoms. The molecule has 0 radical (unpaired) electrons. The molecule has 0 unspecified atom stereocenters. The van der Waals surface area contributed by atoms with Crippen molar-refractivity contribution in [2.45, 2.75) is 31.2 Å². The Hall–Kier alpha value is -0.120. The molecule has 0 aromatic rings. The van der Waals surface area contributed by atoms with E-state index in [1.165, 1.54) is 0 Å². The van der Waals surface area contributed by atoms with E-state index < -0.39 is 18.3 Å². The first-order valence-corrected chi connectivity index (χ1v) is 2.74. The molecule has 8 heavy (non-hydrogen) atoms. The number of rotatable bonds is 0. The van der Waals surface area contributed by atoms with Crippen molar-refractivity contribution in [1.82, 2.24) is 0 Å². The maximum Gasteiger partial charge on any atom is 0.0824 e. The van der Waals surface area contributed by atoms with Crippen molar-refractivity contribution in [3.05, 3.63) is 0 Å². The molecule has 0 heterocycles. The first-order valence-electron chi connectivity index (χ1n) is 2.74. The molecule has 1 rings (SSSR count). The highest BCUT2D eigenvalue weighted by Crippen LogP contribution is 2.18. The van der Waals surface area contributed by atoms with Gasteiger partial charge in [0.1, 0.15) is 0 Å². The SMILES string of the molecule is O[C@@H]1C[C@@H](O)[C@@H](O)C1. The Morgan fingerprint density at radius 2 is 1.25 bits per heavy atom. The molecule has 1 aliphatic rings. The van der Waals surface area contributed by atoms with Crippen LogP contribution in [-0.4, -0.2) is 33.6 Å². The van der Waals surface area contributed by atoms with Crippen molar-refractivity contribution in [2.24, 2.45) is 0 Å². The Morgan fingerprint density at radius 3 is 1.38 bits per heavy atom. The summed E-state index contributed by atoms with van der Waals surface area (Å²) in [5.74, 6) is 0. The predicted octanol–water partition coefficient (Wildman–Crippen LogP) is -1.14. The van der Waals surface area contributed by atoms with Gasteiger partial charge in [-0.15, -0.1) is 0 Å². The lowest BCUT2D eigenvalue weighted by Crippen LogP contribution is -2.17. The predicted molar refractivity (Wildman–Crippen MR) is 27.3 cm³/mol. The zero-order valence-corrected chi connectivity index (χ0v) is 4.49. The largest absolute Gasteiger partial charge is 0.393 e. The Morgan fingerprint density at radius 1 is 0.875 bits per heavy atom. The fourth-order valence-electron chi connectivity index (χ4n) is 0.968. The summed E-state index contributed by atoms with van der Waals surface area (Å²) in [5, 5.41) is 26.3. The van der Waals surface area contributed by atoms with Crippen molar-refractivity contribution in [3.8, 4) is 0 Å². The number of aliphatic hydroxyl groups is 3.